The van der Waals surface area contributed by atoms with Crippen LogP contribution in [-0.4, -0.2) is 64.2 Å². The number of carbonyl (C=O) groups excluding carboxylic acids is 3. The molecule has 5 aliphatic rings. The fourth-order valence-electron chi connectivity index (χ4n) is 9.54. The average molecular weight is 828 g/mol. The molecule has 12 heteroatoms. The molecular weight excluding hydrogens is 763 g/mol. The monoisotopic (exact) mass is 828 g/mol. The zero-order valence-corrected chi connectivity index (χ0v) is 38.4. The smallest absolute Gasteiger partial charge is 0.239 e. The number of nitrogens with zero attached hydrogens (tertiary/aromatic N) is 4. The number of H-pyrrole nitrogens is 3. The lowest BCUT2D eigenvalue weighted by molar-refractivity contribution is -0.125. The van der Waals surface area contributed by atoms with Gasteiger partial charge in [-0.2, -0.15) is 10.2 Å². The molecular formula is C49H65N9O3. The number of hydrogen-bond donors (Lipinski definition) is 5. The second-order valence-electron chi connectivity index (χ2n) is 18.3. The number of nitrogens with one attached hydrogen (secondary N) is 5. The van der Waals surface area contributed by atoms with Gasteiger partial charge in [0.05, 0.1) is 27.9 Å². The van der Waals surface area contributed by atoms with Crippen molar-refractivity contribution in [2.24, 2.45) is 5.10 Å². The normalized spacial score (nSPS) is 17.7. The number of benzene rings is 2. The molecule has 0 radical (unpaired) electrons. The Morgan fingerprint density at radius 2 is 1.31 bits per heavy atom. The van der Waals surface area contributed by atoms with Crippen LogP contribution in [-0.2, 0) is 44.5 Å². The van der Waals surface area contributed by atoms with Crippen LogP contribution in [0.3, 0.4) is 0 Å². The van der Waals surface area contributed by atoms with Crippen LogP contribution in [0.25, 0.3) is 33.2 Å². The number of aromatic amines is 3. The zero-order chi connectivity index (χ0) is 44.1. The van der Waals surface area contributed by atoms with Crippen molar-refractivity contribution in [1.29, 1.82) is 0 Å². The summed E-state index contributed by atoms with van der Waals surface area (Å²) in [6, 6.07) is 8.54. The van der Waals surface area contributed by atoms with Crippen LogP contribution in [0, 0.1) is 6.92 Å². The van der Waals surface area contributed by atoms with Crippen molar-refractivity contribution < 1.29 is 14.4 Å². The van der Waals surface area contributed by atoms with Crippen LogP contribution in [0.2, 0.25) is 0 Å². The molecule has 12 nitrogen and oxygen atoms in total. The highest BCUT2D eigenvalue weighted by molar-refractivity contribution is 6.13. The predicted molar refractivity (Wildman–Crippen MR) is 249 cm³/mol. The molecule has 2 bridgehead atoms. The maximum absolute atomic E-state index is 13.1. The van der Waals surface area contributed by atoms with Crippen LogP contribution in [0.5, 0.6) is 0 Å². The lowest BCUT2D eigenvalue weighted by Crippen LogP contribution is -2.42. The molecule has 3 aliphatic heterocycles. The molecule has 2 aromatic carbocycles. The summed E-state index contributed by atoms with van der Waals surface area (Å²) in [6.07, 6.45) is 9.71. The summed E-state index contributed by atoms with van der Waals surface area (Å²) >= 11 is 0. The quantitative estimate of drug-likeness (QED) is 0.120. The Hall–Kier alpha value is -5.65. The molecule has 0 saturated heterocycles. The summed E-state index contributed by atoms with van der Waals surface area (Å²) in [4.78, 5) is 48.4. The van der Waals surface area contributed by atoms with E-state index in [1.165, 1.54) is 46.2 Å². The van der Waals surface area contributed by atoms with E-state index in [1.54, 1.807) is 16.8 Å². The van der Waals surface area contributed by atoms with Crippen LogP contribution >= 0.6 is 0 Å². The third-order valence-corrected chi connectivity index (χ3v) is 12.9. The molecule has 0 fully saturated rings. The van der Waals surface area contributed by atoms with E-state index in [0.29, 0.717) is 0 Å². The number of likely N-dealkylation sites (N-methyl/N-ethyl adjacent to an activating group) is 2. The fraction of sp³-hybridized carbons (Fsp3) is 0.490. The number of carbonyl (C=O) groups is 3. The van der Waals surface area contributed by atoms with Crippen molar-refractivity contribution in [1.82, 2.24) is 30.9 Å². The Morgan fingerprint density at radius 1 is 0.770 bits per heavy atom. The maximum Gasteiger partial charge on any atom is 0.239 e. The third kappa shape index (κ3) is 7.35. The van der Waals surface area contributed by atoms with Gasteiger partial charge in [-0.1, -0.05) is 40.5 Å². The Bertz CT molecular complexity index is 2610. The molecule has 5 N–H and O–H groups in total. The van der Waals surface area contributed by atoms with Crippen molar-refractivity contribution in [3.05, 3.63) is 74.7 Å². The summed E-state index contributed by atoms with van der Waals surface area (Å²) in [5.41, 5.74) is 20.1. The summed E-state index contributed by atoms with van der Waals surface area (Å²) in [6.45, 7) is 20.6. The molecule has 3 aromatic heterocycles. The SMILES string of the molecule is CC1=C2CCCc3c([nH]c4cc5c(cc34)N(C)C(=O)C5(C)C)C(=NN1)C2.CCC.CCC.CNC(=O)CN1C(=O)C(C)(C)c2cc3[nH]c4c(c3cc21)CCCc1c-4n[nH]c1C. The minimum atomic E-state index is -0.672. The highest BCUT2D eigenvalue weighted by Crippen LogP contribution is 2.47. The van der Waals surface area contributed by atoms with Gasteiger partial charge in [0.25, 0.3) is 0 Å². The van der Waals surface area contributed by atoms with Gasteiger partial charge in [0.2, 0.25) is 17.7 Å². The molecule has 0 unspecified atom stereocenters. The third-order valence-electron chi connectivity index (χ3n) is 12.9. The highest BCUT2D eigenvalue weighted by atomic mass is 16.2. The molecule has 0 spiro atoms. The molecule has 0 atom stereocenters. The van der Waals surface area contributed by atoms with Crippen molar-refractivity contribution >= 4 is 56.6 Å². The van der Waals surface area contributed by atoms with Gasteiger partial charge in [-0.05, 0) is 132 Å². The lowest BCUT2D eigenvalue weighted by atomic mass is 9.85. The van der Waals surface area contributed by atoms with Crippen LogP contribution < -0.4 is 20.5 Å². The van der Waals surface area contributed by atoms with Gasteiger partial charge in [0.15, 0.2) is 0 Å². The van der Waals surface area contributed by atoms with E-state index < -0.39 is 10.8 Å². The number of fused-ring (bicyclic) bond motifs is 13. The predicted octanol–water partition coefficient (Wildman–Crippen LogP) is 9.29. The van der Waals surface area contributed by atoms with Gasteiger partial charge >= 0.3 is 0 Å². The molecule has 6 heterocycles. The Morgan fingerprint density at radius 3 is 1.95 bits per heavy atom. The second-order valence-corrected chi connectivity index (χ2v) is 18.3. The first-order chi connectivity index (χ1) is 29.0. The molecule has 324 valence electrons. The van der Waals surface area contributed by atoms with Crippen LogP contribution in [0.1, 0.15) is 140 Å². The number of amides is 3. The Kier molecular flexibility index (Phi) is 11.9. The Balaban J connectivity index is 0.000000164. The zero-order valence-electron chi connectivity index (χ0n) is 38.4. The topological polar surface area (TPSA) is 154 Å². The Labute approximate surface area is 360 Å². The van der Waals surface area contributed by atoms with E-state index in [9.17, 15) is 14.4 Å². The molecule has 2 aliphatic carbocycles. The minimum absolute atomic E-state index is 0.0343. The van der Waals surface area contributed by atoms with E-state index in [0.717, 1.165) is 112 Å². The molecule has 10 rings (SSSR count). The van der Waals surface area contributed by atoms with Gasteiger partial charge in [0.1, 0.15) is 12.2 Å². The van der Waals surface area contributed by atoms with Gasteiger partial charge in [-0.3, -0.25) is 24.9 Å². The lowest BCUT2D eigenvalue weighted by Gasteiger charge is -2.22. The fourth-order valence-corrected chi connectivity index (χ4v) is 9.54. The van der Waals surface area contributed by atoms with E-state index in [4.69, 9.17) is 0 Å². The van der Waals surface area contributed by atoms with Crippen molar-refractivity contribution in [2.75, 3.05) is 30.4 Å². The first-order valence-electron chi connectivity index (χ1n) is 22.3. The number of anilines is 2. The summed E-state index contributed by atoms with van der Waals surface area (Å²) in [5, 5.41) is 17.3. The average Bonchev–Trinajstić information content (AvgIpc) is 3.93. The number of rotatable bonds is 2. The number of aromatic nitrogens is 4. The number of hydrogen-bond acceptors (Lipinski definition) is 6. The van der Waals surface area contributed by atoms with Crippen molar-refractivity contribution in [3.8, 4) is 11.4 Å². The summed E-state index contributed by atoms with van der Waals surface area (Å²) in [5.74, 6) is -0.0548. The van der Waals surface area contributed by atoms with Gasteiger partial charge in [0, 0.05) is 70.7 Å². The number of allylic oxidation sites excluding steroid dienone is 2. The van der Waals surface area contributed by atoms with E-state index >= 15 is 0 Å². The van der Waals surface area contributed by atoms with Gasteiger partial charge < -0.3 is 25.1 Å². The van der Waals surface area contributed by atoms with E-state index in [2.05, 4.69) is 102 Å². The van der Waals surface area contributed by atoms with E-state index in [-0.39, 0.29) is 24.3 Å². The molecule has 5 aromatic rings. The van der Waals surface area contributed by atoms with Crippen molar-refractivity contribution in [2.45, 2.75) is 138 Å². The maximum atomic E-state index is 13.1. The summed E-state index contributed by atoms with van der Waals surface area (Å²) < 4.78 is 0. The first kappa shape index (κ1) is 43.4. The first-order valence-corrected chi connectivity index (χ1v) is 22.3. The van der Waals surface area contributed by atoms with Gasteiger partial charge in [-0.25, -0.2) is 0 Å². The van der Waals surface area contributed by atoms with Crippen LogP contribution in [0.15, 0.2) is 40.6 Å². The standard InChI is InChI=1S/C22H25N5O2.C21H24N4O.2C3H8/c1-11-12-6-5-7-13-14-8-17-15(9-16(14)24-19(13)20(12)26-25-11)22(2,3)21(29)27(17)10-18(28)23-4;1-11-12-6-5-7-13-14-9-18-15(21(2,3)20(26)25(18)4)10-16(14)22-19(13)17(8-12)24-23-11;2*1-3-2/h8-9,24H,5-7,10H2,1-4H3,(H,23,28)(H,25,26);9-10,22-23H,5-8H2,1-4H3;2*3H2,1-2H3. The number of aryl methyl sites for hydroxylation is 3. The van der Waals surface area contributed by atoms with E-state index in [1.807, 2.05) is 34.7 Å². The number of hydrazone groups is 1. The molecule has 3 amide bonds. The van der Waals surface area contributed by atoms with Gasteiger partial charge in [-0.15, -0.1) is 0 Å². The van der Waals surface area contributed by atoms with Crippen molar-refractivity contribution in [3.63, 3.8) is 0 Å². The second kappa shape index (κ2) is 16.7. The molecule has 0 saturated carbocycles. The highest BCUT2D eigenvalue weighted by Gasteiger charge is 2.45. The largest absolute Gasteiger partial charge is 0.358 e. The molecule has 61 heavy (non-hydrogen) atoms. The minimum Gasteiger partial charge on any atom is -0.358 e. The van der Waals surface area contributed by atoms with Crippen LogP contribution in [0.4, 0.5) is 11.4 Å². The summed E-state index contributed by atoms with van der Waals surface area (Å²) in [7, 11) is 3.47.